The SMILES string of the molecule is COc1ccc(CC(=O)N2CC(C)SC2=Nc2cccc(S(=O)(=O)N(C)C)c2)c(OC)c1. The van der Waals surface area contributed by atoms with Crippen LogP contribution in [-0.2, 0) is 21.2 Å². The van der Waals surface area contributed by atoms with E-state index in [2.05, 4.69) is 4.99 Å². The van der Waals surface area contributed by atoms with Gasteiger partial charge in [0, 0.05) is 37.5 Å². The lowest BCUT2D eigenvalue weighted by molar-refractivity contribution is -0.126. The van der Waals surface area contributed by atoms with Crippen molar-refractivity contribution in [2.24, 2.45) is 4.99 Å². The van der Waals surface area contributed by atoms with Gasteiger partial charge in [0.2, 0.25) is 15.9 Å². The Morgan fingerprint density at radius 1 is 1.19 bits per heavy atom. The molecule has 0 bridgehead atoms. The third-order valence-corrected chi connectivity index (χ3v) is 7.82. The number of nitrogens with zero attached hydrogens (tertiary/aromatic N) is 3. The largest absolute Gasteiger partial charge is 0.497 e. The summed E-state index contributed by atoms with van der Waals surface area (Å²) >= 11 is 1.49. The number of ether oxygens (including phenoxy) is 2. The highest BCUT2D eigenvalue weighted by atomic mass is 32.2. The molecule has 0 aliphatic carbocycles. The van der Waals surface area contributed by atoms with Crippen molar-refractivity contribution in [1.29, 1.82) is 0 Å². The highest BCUT2D eigenvalue weighted by Gasteiger charge is 2.31. The normalized spacial score (nSPS) is 17.8. The maximum absolute atomic E-state index is 13.1. The summed E-state index contributed by atoms with van der Waals surface area (Å²) in [5.41, 5.74) is 1.23. The van der Waals surface area contributed by atoms with Crippen LogP contribution in [0.25, 0.3) is 0 Å². The van der Waals surface area contributed by atoms with Gasteiger partial charge in [-0.05, 0) is 24.3 Å². The minimum atomic E-state index is -3.58. The third kappa shape index (κ3) is 5.25. The molecule has 0 spiro atoms. The fourth-order valence-corrected chi connectivity index (χ4v) is 5.19. The van der Waals surface area contributed by atoms with E-state index in [0.717, 1.165) is 9.87 Å². The van der Waals surface area contributed by atoms with Gasteiger partial charge in [-0.2, -0.15) is 0 Å². The molecule has 3 rings (SSSR count). The van der Waals surface area contributed by atoms with E-state index in [1.807, 2.05) is 13.0 Å². The fourth-order valence-electron chi connectivity index (χ4n) is 3.20. The molecule has 1 aliphatic heterocycles. The van der Waals surface area contributed by atoms with Gasteiger partial charge in [-0.25, -0.2) is 17.7 Å². The maximum atomic E-state index is 13.1. The molecule has 1 heterocycles. The van der Waals surface area contributed by atoms with Gasteiger partial charge in [0.25, 0.3) is 0 Å². The molecule has 1 saturated heterocycles. The van der Waals surface area contributed by atoms with Crippen LogP contribution in [0, 0.1) is 0 Å². The number of hydrogen-bond donors (Lipinski definition) is 0. The van der Waals surface area contributed by atoms with Gasteiger partial charge in [0.15, 0.2) is 5.17 Å². The maximum Gasteiger partial charge on any atom is 0.242 e. The van der Waals surface area contributed by atoms with E-state index in [9.17, 15) is 13.2 Å². The molecule has 1 amide bonds. The zero-order valence-electron chi connectivity index (χ0n) is 18.7. The zero-order valence-corrected chi connectivity index (χ0v) is 20.4. The molecule has 1 aliphatic rings. The van der Waals surface area contributed by atoms with Gasteiger partial charge < -0.3 is 9.47 Å². The van der Waals surface area contributed by atoms with Gasteiger partial charge in [-0.1, -0.05) is 30.8 Å². The highest BCUT2D eigenvalue weighted by Crippen LogP contribution is 2.31. The molecule has 1 atom stereocenters. The Labute approximate surface area is 193 Å². The number of benzene rings is 2. The van der Waals surface area contributed by atoms with Crippen molar-refractivity contribution in [3.05, 3.63) is 48.0 Å². The summed E-state index contributed by atoms with van der Waals surface area (Å²) in [6.07, 6.45) is 0.147. The minimum absolute atomic E-state index is 0.110. The summed E-state index contributed by atoms with van der Waals surface area (Å²) in [7, 11) is 2.52. The van der Waals surface area contributed by atoms with Crippen molar-refractivity contribution in [2.45, 2.75) is 23.5 Å². The van der Waals surface area contributed by atoms with E-state index in [0.29, 0.717) is 28.9 Å². The van der Waals surface area contributed by atoms with Crippen LogP contribution in [0.5, 0.6) is 11.5 Å². The Kier molecular flexibility index (Phi) is 7.47. The molecule has 1 unspecified atom stereocenters. The summed E-state index contributed by atoms with van der Waals surface area (Å²) < 4.78 is 36.7. The van der Waals surface area contributed by atoms with Crippen molar-refractivity contribution >= 4 is 38.5 Å². The molecule has 0 N–H and O–H groups in total. The molecule has 2 aromatic rings. The average Bonchev–Trinajstić information content (AvgIpc) is 3.14. The second kappa shape index (κ2) is 9.93. The monoisotopic (exact) mass is 477 g/mol. The molecule has 2 aromatic carbocycles. The number of carbonyl (C=O) groups excluding carboxylic acids is 1. The lowest BCUT2D eigenvalue weighted by Crippen LogP contribution is -2.33. The molecule has 172 valence electrons. The molecule has 8 nitrogen and oxygen atoms in total. The third-order valence-electron chi connectivity index (χ3n) is 4.94. The lowest BCUT2D eigenvalue weighted by Gasteiger charge is -2.18. The van der Waals surface area contributed by atoms with Crippen molar-refractivity contribution < 1.29 is 22.7 Å². The molecule has 0 aromatic heterocycles. The number of carbonyl (C=O) groups is 1. The number of amides is 1. The van der Waals surface area contributed by atoms with Crippen LogP contribution in [0.3, 0.4) is 0 Å². The number of hydrogen-bond acceptors (Lipinski definition) is 7. The number of methoxy groups -OCH3 is 2. The summed E-state index contributed by atoms with van der Waals surface area (Å²) in [4.78, 5) is 19.5. The standard InChI is InChI=1S/C22H27N3O5S2/c1-15-14-25(21(26)11-16-9-10-18(29-4)13-20(16)30-5)22(31-15)23-17-7-6-8-19(12-17)32(27,28)24(2)3/h6-10,12-13,15H,11,14H2,1-5H3. The highest BCUT2D eigenvalue weighted by molar-refractivity contribution is 8.14. The predicted octanol–water partition coefficient (Wildman–Crippen LogP) is 3.15. The van der Waals surface area contributed by atoms with E-state index < -0.39 is 10.0 Å². The van der Waals surface area contributed by atoms with Crippen LogP contribution >= 0.6 is 11.8 Å². The first-order valence-corrected chi connectivity index (χ1v) is 12.3. The van der Waals surface area contributed by atoms with Gasteiger partial charge in [0.1, 0.15) is 11.5 Å². The fraction of sp³-hybridized carbons (Fsp3) is 0.364. The van der Waals surface area contributed by atoms with Gasteiger partial charge in [0.05, 0.1) is 31.2 Å². The van der Waals surface area contributed by atoms with Crippen molar-refractivity contribution in [2.75, 3.05) is 34.9 Å². The number of aliphatic imine (C=N–C) groups is 1. The van der Waals surface area contributed by atoms with Crippen LogP contribution in [0.4, 0.5) is 5.69 Å². The smallest absolute Gasteiger partial charge is 0.242 e. The van der Waals surface area contributed by atoms with E-state index in [1.165, 1.54) is 38.0 Å². The summed E-state index contributed by atoms with van der Waals surface area (Å²) in [6, 6.07) is 11.8. The lowest BCUT2D eigenvalue weighted by atomic mass is 10.1. The van der Waals surface area contributed by atoms with Crippen LogP contribution in [0.1, 0.15) is 12.5 Å². The molecular weight excluding hydrogens is 450 g/mol. The Balaban J connectivity index is 1.87. The zero-order chi connectivity index (χ0) is 23.5. The Morgan fingerprint density at radius 3 is 2.59 bits per heavy atom. The molecular formula is C22H27N3O5S2. The van der Waals surface area contributed by atoms with E-state index in [1.54, 1.807) is 43.4 Å². The van der Waals surface area contributed by atoms with Crippen molar-refractivity contribution in [3.8, 4) is 11.5 Å². The second-order valence-corrected chi connectivity index (χ2v) is 11.0. The minimum Gasteiger partial charge on any atom is -0.497 e. The number of thioether (sulfide) groups is 1. The van der Waals surface area contributed by atoms with Crippen LogP contribution in [0.15, 0.2) is 52.4 Å². The van der Waals surface area contributed by atoms with Crippen LogP contribution in [-0.4, -0.2) is 68.8 Å². The first-order chi connectivity index (χ1) is 15.1. The van der Waals surface area contributed by atoms with Gasteiger partial charge in [-0.15, -0.1) is 0 Å². The van der Waals surface area contributed by atoms with Crippen LogP contribution < -0.4 is 9.47 Å². The van der Waals surface area contributed by atoms with Gasteiger partial charge in [-0.3, -0.25) is 9.69 Å². The second-order valence-electron chi connectivity index (χ2n) is 7.47. The summed E-state index contributed by atoms with van der Waals surface area (Å²) in [5, 5.41) is 0.721. The Morgan fingerprint density at radius 2 is 1.94 bits per heavy atom. The van der Waals surface area contributed by atoms with E-state index in [4.69, 9.17) is 9.47 Å². The first-order valence-electron chi connectivity index (χ1n) is 9.95. The molecule has 1 fully saturated rings. The summed E-state index contributed by atoms with van der Waals surface area (Å²) in [5.74, 6) is 1.12. The molecule has 0 saturated carbocycles. The van der Waals surface area contributed by atoms with E-state index in [-0.39, 0.29) is 22.5 Å². The molecule has 32 heavy (non-hydrogen) atoms. The number of rotatable bonds is 7. The summed E-state index contributed by atoms with van der Waals surface area (Å²) in [6.45, 7) is 2.55. The first kappa shape index (κ1) is 24.1. The Bertz CT molecular complexity index is 1130. The number of amidine groups is 1. The van der Waals surface area contributed by atoms with Crippen LogP contribution in [0.2, 0.25) is 0 Å². The topological polar surface area (TPSA) is 88.5 Å². The average molecular weight is 478 g/mol. The Hall–Kier alpha value is -2.56. The van der Waals surface area contributed by atoms with Gasteiger partial charge >= 0.3 is 0 Å². The predicted molar refractivity (Wildman–Crippen MR) is 126 cm³/mol. The number of sulfonamides is 1. The van der Waals surface area contributed by atoms with Crippen molar-refractivity contribution in [3.63, 3.8) is 0 Å². The van der Waals surface area contributed by atoms with Crippen molar-refractivity contribution in [1.82, 2.24) is 9.21 Å². The molecule has 0 radical (unpaired) electrons. The molecule has 10 heteroatoms. The quantitative estimate of drug-likeness (QED) is 0.609. The van der Waals surface area contributed by atoms with E-state index >= 15 is 0 Å².